The quantitative estimate of drug-likeness (QED) is 0.685. The van der Waals surface area contributed by atoms with Gasteiger partial charge in [-0.05, 0) is 24.6 Å². The highest BCUT2D eigenvalue weighted by molar-refractivity contribution is 7.99. The normalized spacial score (nSPS) is 12.8. The van der Waals surface area contributed by atoms with Crippen LogP contribution in [-0.2, 0) is 10.1 Å². The van der Waals surface area contributed by atoms with Crippen LogP contribution >= 0.6 is 11.8 Å². The van der Waals surface area contributed by atoms with E-state index in [-0.39, 0.29) is 4.90 Å². The minimum atomic E-state index is -4.39. The van der Waals surface area contributed by atoms with E-state index in [4.69, 9.17) is 4.55 Å². The maximum atomic E-state index is 12.0. The number of aryl methyl sites for hydroxylation is 1. The number of thioether (sulfide) groups is 1. The molecule has 8 heteroatoms. The fourth-order valence-corrected chi connectivity index (χ4v) is 2.46. The Kier molecular flexibility index (Phi) is 4.11. The Hall–Kier alpha value is -0.730. The van der Waals surface area contributed by atoms with Crippen molar-refractivity contribution in [3.8, 4) is 0 Å². The Bertz CT molecular complexity index is 509. The first-order valence-corrected chi connectivity index (χ1v) is 6.80. The second kappa shape index (κ2) is 4.87. The molecule has 1 N–H and O–H groups in total. The lowest BCUT2D eigenvalue weighted by Gasteiger charge is -2.09. The molecule has 0 aliphatic rings. The van der Waals surface area contributed by atoms with Gasteiger partial charge >= 0.3 is 6.18 Å². The topological polar surface area (TPSA) is 54.4 Å². The van der Waals surface area contributed by atoms with Crippen LogP contribution in [0.3, 0.4) is 0 Å². The van der Waals surface area contributed by atoms with Crippen LogP contribution in [0.1, 0.15) is 5.56 Å². The van der Waals surface area contributed by atoms with Crippen LogP contribution < -0.4 is 0 Å². The van der Waals surface area contributed by atoms with Crippen molar-refractivity contribution in [1.29, 1.82) is 0 Å². The van der Waals surface area contributed by atoms with Gasteiger partial charge in [-0.2, -0.15) is 21.6 Å². The number of halogens is 3. The molecular weight excluding hydrogens is 277 g/mol. The van der Waals surface area contributed by atoms with Gasteiger partial charge in [-0.1, -0.05) is 6.07 Å². The third-order valence-corrected chi connectivity index (χ3v) is 3.92. The van der Waals surface area contributed by atoms with E-state index in [0.717, 1.165) is 12.1 Å². The first-order chi connectivity index (χ1) is 7.59. The molecule has 17 heavy (non-hydrogen) atoms. The molecule has 0 unspecified atom stereocenters. The summed E-state index contributed by atoms with van der Waals surface area (Å²) in [7, 11) is -4.39. The molecule has 1 aromatic carbocycles. The summed E-state index contributed by atoms with van der Waals surface area (Å²) in [5, 5.41) is 0. The van der Waals surface area contributed by atoms with Crippen molar-refractivity contribution >= 4 is 21.9 Å². The molecule has 0 amide bonds. The Morgan fingerprint density at radius 3 is 2.41 bits per heavy atom. The van der Waals surface area contributed by atoms with Gasteiger partial charge in [-0.15, -0.1) is 11.8 Å². The van der Waals surface area contributed by atoms with Gasteiger partial charge in [0.25, 0.3) is 10.1 Å². The van der Waals surface area contributed by atoms with Crippen LogP contribution in [-0.4, -0.2) is 24.9 Å². The molecule has 3 nitrogen and oxygen atoms in total. The molecular formula is C9H9F3O3S2. The molecule has 1 rings (SSSR count). The highest BCUT2D eigenvalue weighted by atomic mass is 32.2. The summed E-state index contributed by atoms with van der Waals surface area (Å²) < 4.78 is 66.5. The van der Waals surface area contributed by atoms with Crippen molar-refractivity contribution in [2.75, 3.05) is 5.75 Å². The highest BCUT2D eigenvalue weighted by Crippen LogP contribution is 2.30. The van der Waals surface area contributed by atoms with E-state index in [0.29, 0.717) is 17.3 Å². The van der Waals surface area contributed by atoms with E-state index in [1.165, 1.54) is 6.07 Å². The Balaban J connectivity index is 3.00. The molecule has 0 heterocycles. The number of rotatable bonds is 3. The predicted octanol–water partition coefficient (Wildman–Crippen LogP) is 2.90. The summed E-state index contributed by atoms with van der Waals surface area (Å²) in [4.78, 5) is -0.231. The molecule has 0 fully saturated rings. The molecule has 0 bridgehead atoms. The van der Waals surface area contributed by atoms with Crippen molar-refractivity contribution < 1.29 is 26.1 Å². The first kappa shape index (κ1) is 14.3. The van der Waals surface area contributed by atoms with E-state index in [9.17, 15) is 21.6 Å². The summed E-state index contributed by atoms with van der Waals surface area (Å²) >= 11 is 0.484. The summed E-state index contributed by atoms with van der Waals surface area (Å²) in [5.41, 5.74) is 0.520. The van der Waals surface area contributed by atoms with Crippen LogP contribution in [0.4, 0.5) is 13.2 Å². The van der Waals surface area contributed by atoms with E-state index in [1.807, 2.05) is 0 Å². The van der Waals surface area contributed by atoms with Crippen molar-refractivity contribution in [2.45, 2.75) is 22.9 Å². The van der Waals surface area contributed by atoms with Gasteiger partial charge in [0.05, 0.1) is 10.6 Å². The van der Waals surface area contributed by atoms with E-state index < -0.39 is 26.9 Å². The molecule has 0 radical (unpaired) electrons. The number of hydrogen-bond donors (Lipinski definition) is 1. The maximum Gasteiger partial charge on any atom is 0.398 e. The van der Waals surface area contributed by atoms with Crippen LogP contribution in [0.2, 0.25) is 0 Å². The zero-order chi connectivity index (χ0) is 13.3. The second-order valence-corrected chi connectivity index (χ2v) is 5.74. The fourth-order valence-electron chi connectivity index (χ4n) is 1.06. The first-order valence-electron chi connectivity index (χ1n) is 4.37. The number of hydrogen-bond acceptors (Lipinski definition) is 3. The number of benzene rings is 1. The van der Waals surface area contributed by atoms with Gasteiger partial charge in [0.2, 0.25) is 0 Å². The van der Waals surface area contributed by atoms with Crippen molar-refractivity contribution in [2.24, 2.45) is 0 Å². The standard InChI is InChI=1S/C9H9F3O3S2/c1-6-2-3-7(17(13,14)15)4-8(6)16-5-9(10,11)12/h2-4H,5H2,1H3,(H,13,14,15). The monoisotopic (exact) mass is 286 g/mol. The lowest BCUT2D eigenvalue weighted by molar-refractivity contribution is -0.105. The van der Waals surface area contributed by atoms with E-state index in [1.54, 1.807) is 6.92 Å². The molecule has 0 aliphatic heterocycles. The van der Waals surface area contributed by atoms with Crippen molar-refractivity contribution in [3.63, 3.8) is 0 Å². The smallest absolute Gasteiger partial charge is 0.282 e. The molecule has 96 valence electrons. The van der Waals surface area contributed by atoms with Gasteiger partial charge in [0, 0.05) is 4.90 Å². The number of alkyl halides is 3. The zero-order valence-electron chi connectivity index (χ0n) is 8.65. The van der Waals surface area contributed by atoms with Crippen LogP contribution in [0, 0.1) is 6.92 Å². The van der Waals surface area contributed by atoms with Gasteiger partial charge in [0.1, 0.15) is 0 Å². The van der Waals surface area contributed by atoms with E-state index >= 15 is 0 Å². The van der Waals surface area contributed by atoms with E-state index in [2.05, 4.69) is 0 Å². The molecule has 1 aromatic rings. The lowest BCUT2D eigenvalue weighted by atomic mass is 10.2. The predicted molar refractivity (Wildman–Crippen MR) is 57.8 cm³/mol. The summed E-state index contributed by atoms with van der Waals surface area (Å²) in [5.74, 6) is -1.11. The van der Waals surface area contributed by atoms with Crippen LogP contribution in [0.25, 0.3) is 0 Å². The Morgan fingerprint density at radius 2 is 1.94 bits per heavy atom. The van der Waals surface area contributed by atoms with Gasteiger partial charge in [0.15, 0.2) is 0 Å². The average molecular weight is 286 g/mol. The molecule has 0 atom stereocenters. The van der Waals surface area contributed by atoms with Crippen LogP contribution in [0.15, 0.2) is 28.0 Å². The minimum absolute atomic E-state index is 0.178. The largest absolute Gasteiger partial charge is 0.398 e. The Labute approximate surface area is 101 Å². The summed E-state index contributed by atoms with van der Waals surface area (Å²) in [6.07, 6.45) is -4.33. The minimum Gasteiger partial charge on any atom is -0.282 e. The SMILES string of the molecule is Cc1ccc(S(=O)(=O)O)cc1SCC(F)(F)F. The van der Waals surface area contributed by atoms with Gasteiger partial charge < -0.3 is 0 Å². The average Bonchev–Trinajstić information content (AvgIpc) is 2.13. The van der Waals surface area contributed by atoms with Gasteiger partial charge in [-0.25, -0.2) is 0 Å². The maximum absolute atomic E-state index is 12.0. The van der Waals surface area contributed by atoms with Crippen molar-refractivity contribution in [1.82, 2.24) is 0 Å². The molecule has 0 saturated heterocycles. The third-order valence-electron chi connectivity index (χ3n) is 1.85. The van der Waals surface area contributed by atoms with Gasteiger partial charge in [-0.3, -0.25) is 4.55 Å². The molecule has 0 spiro atoms. The lowest BCUT2D eigenvalue weighted by Crippen LogP contribution is -2.10. The summed E-state index contributed by atoms with van der Waals surface area (Å²) in [6, 6.07) is 3.52. The fraction of sp³-hybridized carbons (Fsp3) is 0.333. The Morgan fingerprint density at radius 1 is 1.35 bits per heavy atom. The molecule has 0 aromatic heterocycles. The van der Waals surface area contributed by atoms with Crippen LogP contribution in [0.5, 0.6) is 0 Å². The third kappa shape index (κ3) is 4.57. The zero-order valence-corrected chi connectivity index (χ0v) is 10.3. The molecule has 0 aliphatic carbocycles. The summed E-state index contributed by atoms with van der Waals surface area (Å²) in [6.45, 7) is 1.56. The van der Waals surface area contributed by atoms with Crippen molar-refractivity contribution in [3.05, 3.63) is 23.8 Å². The second-order valence-electron chi connectivity index (χ2n) is 3.31. The molecule has 0 saturated carbocycles. The highest BCUT2D eigenvalue weighted by Gasteiger charge is 2.27.